The minimum absolute atomic E-state index is 0.0746. The molecule has 5 nitrogen and oxygen atoms in total. The second-order valence-electron chi connectivity index (χ2n) is 17.0. The number of hydrogen-bond acceptors (Lipinski definition) is 5. The van der Waals surface area contributed by atoms with Crippen molar-refractivity contribution in [3.63, 3.8) is 0 Å². The zero-order chi connectivity index (χ0) is 43.5. The van der Waals surface area contributed by atoms with E-state index in [4.69, 9.17) is 14.2 Å². The van der Waals surface area contributed by atoms with Gasteiger partial charge in [-0.2, -0.15) is 0 Å². The maximum atomic E-state index is 12.8. The number of allylic oxidation sites excluding steroid dienone is 10. The number of rotatable bonds is 47. The summed E-state index contributed by atoms with van der Waals surface area (Å²) in [5.74, 6) is -0.412. The van der Waals surface area contributed by atoms with Gasteiger partial charge in [0.1, 0.15) is 6.61 Å². The highest BCUT2D eigenvalue weighted by molar-refractivity contribution is 5.70. The Bertz CT molecular complexity index is 1040. The fourth-order valence-corrected chi connectivity index (χ4v) is 7.20. The molecular weight excluding hydrogens is 741 g/mol. The maximum Gasteiger partial charge on any atom is 0.306 e. The van der Waals surface area contributed by atoms with Gasteiger partial charge >= 0.3 is 11.9 Å². The van der Waals surface area contributed by atoms with E-state index in [1.54, 1.807) is 0 Å². The first-order valence-corrected chi connectivity index (χ1v) is 25.8. The molecule has 0 N–H and O–H groups in total. The molecule has 0 aliphatic carbocycles. The highest BCUT2D eigenvalue weighted by Crippen LogP contribution is 2.14. The van der Waals surface area contributed by atoms with Gasteiger partial charge in [0.2, 0.25) is 0 Å². The van der Waals surface area contributed by atoms with Crippen molar-refractivity contribution >= 4 is 11.9 Å². The second-order valence-corrected chi connectivity index (χ2v) is 17.0. The molecule has 0 aromatic rings. The van der Waals surface area contributed by atoms with E-state index < -0.39 is 6.10 Å². The molecule has 0 aromatic heterocycles. The molecule has 0 heterocycles. The normalized spacial score (nSPS) is 12.7. The van der Waals surface area contributed by atoms with Gasteiger partial charge < -0.3 is 14.2 Å². The van der Waals surface area contributed by atoms with Crippen LogP contribution in [0.25, 0.3) is 0 Å². The van der Waals surface area contributed by atoms with Crippen LogP contribution in [0.15, 0.2) is 60.8 Å². The van der Waals surface area contributed by atoms with Gasteiger partial charge in [0.25, 0.3) is 0 Å². The van der Waals surface area contributed by atoms with Crippen molar-refractivity contribution in [2.24, 2.45) is 0 Å². The molecule has 0 rings (SSSR count). The van der Waals surface area contributed by atoms with Crippen molar-refractivity contribution in [3.8, 4) is 0 Å². The fourth-order valence-electron chi connectivity index (χ4n) is 7.20. The van der Waals surface area contributed by atoms with Gasteiger partial charge in [-0.25, -0.2) is 0 Å². The van der Waals surface area contributed by atoms with E-state index in [9.17, 15) is 9.59 Å². The van der Waals surface area contributed by atoms with Crippen LogP contribution in [0.5, 0.6) is 0 Å². The van der Waals surface area contributed by atoms with Crippen molar-refractivity contribution in [2.45, 2.75) is 258 Å². The molecule has 60 heavy (non-hydrogen) atoms. The van der Waals surface area contributed by atoms with E-state index in [1.807, 2.05) is 0 Å². The average molecular weight is 839 g/mol. The van der Waals surface area contributed by atoms with Gasteiger partial charge in [-0.05, 0) is 83.5 Å². The molecule has 5 heteroatoms. The molecule has 1 unspecified atom stereocenters. The largest absolute Gasteiger partial charge is 0.462 e. The zero-order valence-corrected chi connectivity index (χ0v) is 40.0. The molecule has 348 valence electrons. The van der Waals surface area contributed by atoms with Gasteiger partial charge in [-0.15, -0.1) is 0 Å². The summed E-state index contributed by atoms with van der Waals surface area (Å²) in [6.45, 7) is 7.68. The smallest absolute Gasteiger partial charge is 0.306 e. The van der Waals surface area contributed by atoms with Crippen LogP contribution >= 0.6 is 0 Å². The van der Waals surface area contributed by atoms with E-state index in [0.717, 1.165) is 83.5 Å². The first-order chi connectivity index (χ1) is 29.6. The molecular formula is C55H98O5. The number of unbranched alkanes of at least 4 members (excludes halogenated alkanes) is 26. The number of ether oxygens (including phenoxy) is 3. The molecule has 0 aliphatic heterocycles. The summed E-state index contributed by atoms with van der Waals surface area (Å²) in [5, 5.41) is 0. The lowest BCUT2D eigenvalue weighted by Crippen LogP contribution is -2.30. The number of carbonyl (C=O) groups excluding carboxylic acids is 2. The zero-order valence-electron chi connectivity index (χ0n) is 40.0. The van der Waals surface area contributed by atoms with Crippen LogP contribution in [0, 0.1) is 0 Å². The lowest BCUT2D eigenvalue weighted by molar-refractivity contribution is -0.163. The van der Waals surface area contributed by atoms with Gasteiger partial charge in [-0.3, -0.25) is 9.59 Å². The predicted octanol–water partition coefficient (Wildman–Crippen LogP) is 17.3. The van der Waals surface area contributed by atoms with Crippen LogP contribution in [0.1, 0.15) is 252 Å². The third-order valence-corrected chi connectivity index (χ3v) is 11.0. The Hall–Kier alpha value is -2.40. The first kappa shape index (κ1) is 57.6. The molecule has 0 spiro atoms. The predicted molar refractivity (Wildman–Crippen MR) is 261 cm³/mol. The van der Waals surface area contributed by atoms with Crippen LogP contribution in [-0.4, -0.2) is 37.9 Å². The summed E-state index contributed by atoms with van der Waals surface area (Å²) < 4.78 is 17.4. The number of esters is 2. The highest BCUT2D eigenvalue weighted by Gasteiger charge is 2.17. The molecule has 0 aromatic carbocycles. The minimum Gasteiger partial charge on any atom is -0.462 e. The SMILES string of the molecule is CC/C=C\C/C=C\C/C=C\C/C=C\CCCCCCCOCC(COC(=O)CCCCCCC/C=C\CCCCCCCC)OC(=O)CCCCCCCCCCCCC. The lowest BCUT2D eigenvalue weighted by atomic mass is 10.1. The quantitative estimate of drug-likeness (QED) is 0.0347. The van der Waals surface area contributed by atoms with Crippen LogP contribution < -0.4 is 0 Å². The Balaban J connectivity index is 4.28. The third-order valence-electron chi connectivity index (χ3n) is 11.0. The average Bonchev–Trinajstić information content (AvgIpc) is 3.25. The van der Waals surface area contributed by atoms with E-state index in [0.29, 0.717) is 19.4 Å². The molecule has 0 amide bonds. The van der Waals surface area contributed by atoms with Crippen LogP contribution in [-0.2, 0) is 23.8 Å². The Kier molecular flexibility index (Phi) is 48.9. The highest BCUT2D eigenvalue weighted by atomic mass is 16.6. The van der Waals surface area contributed by atoms with Crippen molar-refractivity contribution in [1.82, 2.24) is 0 Å². The Labute approximate surface area is 373 Å². The van der Waals surface area contributed by atoms with Crippen LogP contribution in [0.3, 0.4) is 0 Å². The van der Waals surface area contributed by atoms with E-state index >= 15 is 0 Å². The van der Waals surface area contributed by atoms with Crippen molar-refractivity contribution in [3.05, 3.63) is 60.8 Å². The molecule has 0 radical (unpaired) electrons. The monoisotopic (exact) mass is 839 g/mol. The van der Waals surface area contributed by atoms with E-state index in [2.05, 4.69) is 81.5 Å². The van der Waals surface area contributed by atoms with Crippen molar-refractivity contribution in [1.29, 1.82) is 0 Å². The first-order valence-electron chi connectivity index (χ1n) is 25.8. The Morgan fingerprint density at radius 2 is 0.750 bits per heavy atom. The van der Waals surface area contributed by atoms with Gasteiger partial charge in [0, 0.05) is 19.4 Å². The van der Waals surface area contributed by atoms with E-state index in [-0.39, 0.29) is 25.2 Å². The number of hydrogen-bond donors (Lipinski definition) is 0. The van der Waals surface area contributed by atoms with Crippen molar-refractivity contribution < 1.29 is 23.8 Å². The summed E-state index contributed by atoms with van der Waals surface area (Å²) >= 11 is 0. The molecule has 1 atom stereocenters. The molecule has 0 bridgehead atoms. The molecule has 0 aliphatic rings. The van der Waals surface area contributed by atoms with Crippen LogP contribution in [0.2, 0.25) is 0 Å². The third kappa shape index (κ3) is 48.3. The summed E-state index contributed by atoms with van der Waals surface area (Å²) in [5.41, 5.74) is 0. The summed E-state index contributed by atoms with van der Waals surface area (Å²) in [6.07, 6.45) is 63.7. The molecule has 0 saturated carbocycles. The summed E-state index contributed by atoms with van der Waals surface area (Å²) in [7, 11) is 0. The maximum absolute atomic E-state index is 12.8. The fraction of sp³-hybridized carbons (Fsp3) is 0.782. The van der Waals surface area contributed by atoms with Gasteiger partial charge in [0.05, 0.1) is 6.61 Å². The van der Waals surface area contributed by atoms with Gasteiger partial charge in [-0.1, -0.05) is 216 Å². The lowest BCUT2D eigenvalue weighted by Gasteiger charge is -2.18. The minimum atomic E-state index is -0.547. The number of carbonyl (C=O) groups is 2. The standard InChI is InChI=1S/C55H98O5/c1-4-7-10-13-16-19-22-24-26-27-28-30-32-35-38-41-44-47-50-58-51-53(60-55(57)49-46-43-40-37-33-21-18-15-12-9-6-3)52-59-54(56)48-45-42-39-36-34-31-29-25-23-20-17-14-11-8-5-2/h7,10,16,19,24-26,28-30,53H,4-6,8-9,11-15,17-18,20-23,27,31-52H2,1-3H3/b10-7-,19-16-,26-24-,29-25-,30-28-. The molecule has 0 saturated heterocycles. The van der Waals surface area contributed by atoms with Gasteiger partial charge in [0.15, 0.2) is 6.10 Å². The summed E-state index contributed by atoms with van der Waals surface area (Å²) in [4.78, 5) is 25.3. The second kappa shape index (κ2) is 51.0. The van der Waals surface area contributed by atoms with Crippen LogP contribution in [0.4, 0.5) is 0 Å². The van der Waals surface area contributed by atoms with Crippen molar-refractivity contribution in [2.75, 3.05) is 19.8 Å². The topological polar surface area (TPSA) is 61.8 Å². The molecule has 0 fully saturated rings. The Morgan fingerprint density at radius 3 is 1.22 bits per heavy atom. The Morgan fingerprint density at radius 1 is 0.383 bits per heavy atom. The van der Waals surface area contributed by atoms with E-state index in [1.165, 1.54) is 135 Å². The summed E-state index contributed by atoms with van der Waals surface area (Å²) in [6, 6.07) is 0.